The molecule has 2 aromatic carbocycles. The molecule has 0 aromatic heterocycles. The maximum Gasteiger partial charge on any atom is 0.337 e. The Kier molecular flexibility index (Phi) is 5.20. The predicted octanol–water partition coefficient (Wildman–Crippen LogP) is 2.90. The molecule has 2 fully saturated rings. The lowest BCUT2D eigenvalue weighted by Gasteiger charge is -2.32. The number of nitrogens with zero attached hydrogens (tertiary/aromatic N) is 1. The normalized spacial score (nSPS) is 22.2. The van der Waals surface area contributed by atoms with E-state index in [4.69, 9.17) is 4.74 Å². The van der Waals surface area contributed by atoms with Gasteiger partial charge in [-0.2, -0.15) is 0 Å². The van der Waals surface area contributed by atoms with E-state index >= 15 is 0 Å². The smallest absolute Gasteiger partial charge is 0.337 e. The van der Waals surface area contributed by atoms with E-state index < -0.39 is 5.97 Å². The van der Waals surface area contributed by atoms with Crippen LogP contribution in [-0.4, -0.2) is 48.5 Å². The molecule has 3 unspecified atom stereocenters. The Morgan fingerprint density at radius 1 is 1.00 bits per heavy atom. The average Bonchev–Trinajstić information content (AvgIpc) is 3.34. The molecule has 1 saturated heterocycles. The SMILES string of the molecule is COC(=O)c1cccc(NC(=O)N2CC3CC2CC3NC(=O)c2ccccc2)c1. The van der Waals surface area contributed by atoms with Crippen LogP contribution >= 0.6 is 0 Å². The molecular weight excluding hydrogens is 370 g/mol. The summed E-state index contributed by atoms with van der Waals surface area (Å²) in [6, 6.07) is 15.8. The summed E-state index contributed by atoms with van der Waals surface area (Å²) in [7, 11) is 1.32. The van der Waals surface area contributed by atoms with Crippen molar-refractivity contribution in [3.8, 4) is 0 Å². The number of likely N-dealkylation sites (tertiary alicyclic amines) is 1. The second-order valence-corrected chi connectivity index (χ2v) is 7.49. The number of hydrogen-bond acceptors (Lipinski definition) is 4. The molecule has 1 aliphatic carbocycles. The zero-order chi connectivity index (χ0) is 20.4. The highest BCUT2D eigenvalue weighted by molar-refractivity contribution is 5.95. The number of methoxy groups -OCH3 is 1. The molecule has 2 N–H and O–H groups in total. The third-order valence-corrected chi connectivity index (χ3v) is 5.69. The Morgan fingerprint density at radius 2 is 1.76 bits per heavy atom. The molecule has 3 amide bonds. The number of nitrogens with one attached hydrogen (secondary N) is 2. The van der Waals surface area contributed by atoms with Gasteiger partial charge in [-0.3, -0.25) is 4.79 Å². The summed E-state index contributed by atoms with van der Waals surface area (Å²) in [4.78, 5) is 38.6. The number of piperidine rings is 1. The van der Waals surface area contributed by atoms with Crippen LogP contribution in [0.25, 0.3) is 0 Å². The highest BCUT2D eigenvalue weighted by Crippen LogP contribution is 2.38. The van der Waals surface area contributed by atoms with Crippen LogP contribution in [0.5, 0.6) is 0 Å². The minimum atomic E-state index is -0.446. The summed E-state index contributed by atoms with van der Waals surface area (Å²) in [5, 5.41) is 5.97. The molecule has 1 aliphatic heterocycles. The fourth-order valence-electron chi connectivity index (χ4n) is 4.26. The maximum absolute atomic E-state index is 12.7. The van der Waals surface area contributed by atoms with Gasteiger partial charge in [0.25, 0.3) is 5.91 Å². The summed E-state index contributed by atoms with van der Waals surface area (Å²) >= 11 is 0. The van der Waals surface area contributed by atoms with E-state index in [0.29, 0.717) is 23.4 Å². The zero-order valence-corrected chi connectivity index (χ0v) is 16.1. The Balaban J connectivity index is 1.34. The Labute approximate surface area is 169 Å². The number of carbonyl (C=O) groups is 3. The van der Waals surface area contributed by atoms with Gasteiger partial charge in [0, 0.05) is 29.9 Å². The molecule has 2 aliphatic rings. The van der Waals surface area contributed by atoms with Gasteiger partial charge in [0.05, 0.1) is 12.7 Å². The van der Waals surface area contributed by atoms with Crippen molar-refractivity contribution < 1.29 is 19.1 Å². The summed E-state index contributed by atoms with van der Waals surface area (Å²) in [6.45, 7) is 0.604. The number of esters is 1. The lowest BCUT2D eigenvalue weighted by atomic mass is 10.0. The fourth-order valence-corrected chi connectivity index (χ4v) is 4.26. The van der Waals surface area contributed by atoms with Crippen molar-refractivity contribution in [3.05, 3.63) is 65.7 Å². The second-order valence-electron chi connectivity index (χ2n) is 7.49. The van der Waals surface area contributed by atoms with Crippen LogP contribution in [0.3, 0.4) is 0 Å². The molecule has 150 valence electrons. The van der Waals surface area contributed by atoms with E-state index in [1.807, 2.05) is 23.1 Å². The van der Waals surface area contributed by atoms with Gasteiger partial charge in [0.1, 0.15) is 0 Å². The number of urea groups is 1. The quantitative estimate of drug-likeness (QED) is 0.782. The zero-order valence-electron chi connectivity index (χ0n) is 16.1. The van der Waals surface area contributed by atoms with Gasteiger partial charge in [-0.05, 0) is 49.1 Å². The number of fused-ring (bicyclic) bond motifs is 2. The second kappa shape index (κ2) is 7.95. The minimum absolute atomic E-state index is 0.0706. The van der Waals surface area contributed by atoms with Crippen LogP contribution in [0.4, 0.5) is 10.5 Å². The monoisotopic (exact) mass is 393 g/mol. The van der Waals surface area contributed by atoms with E-state index in [9.17, 15) is 14.4 Å². The highest BCUT2D eigenvalue weighted by Gasteiger charge is 2.47. The number of benzene rings is 2. The van der Waals surface area contributed by atoms with Gasteiger partial charge in [0.2, 0.25) is 0 Å². The van der Waals surface area contributed by atoms with Gasteiger partial charge in [-0.25, -0.2) is 9.59 Å². The van der Waals surface area contributed by atoms with E-state index in [1.54, 1.807) is 36.4 Å². The molecule has 29 heavy (non-hydrogen) atoms. The van der Waals surface area contributed by atoms with Gasteiger partial charge in [-0.15, -0.1) is 0 Å². The molecule has 7 nitrogen and oxygen atoms in total. The van der Waals surface area contributed by atoms with Gasteiger partial charge in [-0.1, -0.05) is 24.3 Å². The number of ether oxygens (including phenoxy) is 1. The van der Waals surface area contributed by atoms with Crippen molar-refractivity contribution in [2.45, 2.75) is 24.9 Å². The van der Waals surface area contributed by atoms with E-state index in [2.05, 4.69) is 10.6 Å². The Morgan fingerprint density at radius 3 is 2.45 bits per heavy atom. The first kappa shape index (κ1) is 19.0. The molecule has 0 radical (unpaired) electrons. The summed E-state index contributed by atoms with van der Waals surface area (Å²) in [5.41, 5.74) is 1.59. The number of anilines is 1. The highest BCUT2D eigenvalue weighted by atomic mass is 16.5. The molecular formula is C22H23N3O4. The lowest BCUT2D eigenvalue weighted by molar-refractivity contribution is 0.0600. The number of hydrogen-bond donors (Lipinski definition) is 2. The first-order chi connectivity index (χ1) is 14.0. The van der Waals surface area contributed by atoms with Crippen LogP contribution in [-0.2, 0) is 4.74 Å². The van der Waals surface area contributed by atoms with Crippen molar-refractivity contribution >= 4 is 23.6 Å². The van der Waals surface area contributed by atoms with Crippen molar-refractivity contribution in [3.63, 3.8) is 0 Å². The first-order valence-electron chi connectivity index (χ1n) is 9.67. The van der Waals surface area contributed by atoms with Crippen molar-refractivity contribution in [1.29, 1.82) is 0 Å². The molecule has 0 spiro atoms. The Hall–Kier alpha value is -3.35. The Bertz CT molecular complexity index is 931. The summed E-state index contributed by atoms with van der Waals surface area (Å²) in [6.07, 6.45) is 1.63. The lowest BCUT2D eigenvalue weighted by Crippen LogP contribution is -2.48. The van der Waals surface area contributed by atoms with E-state index in [1.165, 1.54) is 7.11 Å². The standard InChI is InChI=1S/C22H23N3O4/c1-29-21(27)15-8-5-9-17(10-15)23-22(28)25-13-16-11-18(25)12-19(16)24-20(26)14-6-3-2-4-7-14/h2-10,16,18-19H,11-13H2,1H3,(H,23,28)(H,24,26). The van der Waals surface area contributed by atoms with Crippen LogP contribution < -0.4 is 10.6 Å². The van der Waals surface area contributed by atoms with Crippen molar-refractivity contribution in [2.75, 3.05) is 19.0 Å². The van der Waals surface area contributed by atoms with Crippen LogP contribution in [0.15, 0.2) is 54.6 Å². The van der Waals surface area contributed by atoms with Crippen molar-refractivity contribution in [1.82, 2.24) is 10.2 Å². The predicted molar refractivity (Wildman–Crippen MR) is 108 cm³/mol. The van der Waals surface area contributed by atoms with Crippen LogP contribution in [0.1, 0.15) is 33.6 Å². The molecule has 4 rings (SSSR count). The molecule has 2 bridgehead atoms. The summed E-state index contributed by atoms with van der Waals surface area (Å²) < 4.78 is 4.72. The van der Waals surface area contributed by atoms with E-state index in [0.717, 1.165) is 12.8 Å². The topological polar surface area (TPSA) is 87.7 Å². The maximum atomic E-state index is 12.7. The van der Waals surface area contributed by atoms with Crippen LogP contribution in [0.2, 0.25) is 0 Å². The number of amides is 3. The molecule has 1 heterocycles. The van der Waals surface area contributed by atoms with E-state index in [-0.39, 0.29) is 29.9 Å². The minimum Gasteiger partial charge on any atom is -0.465 e. The molecule has 7 heteroatoms. The van der Waals surface area contributed by atoms with Gasteiger partial charge in [0.15, 0.2) is 0 Å². The molecule has 2 aromatic rings. The fraction of sp³-hybridized carbons (Fsp3) is 0.318. The number of carbonyl (C=O) groups excluding carboxylic acids is 3. The van der Waals surface area contributed by atoms with Crippen molar-refractivity contribution in [2.24, 2.45) is 5.92 Å². The molecule has 1 saturated carbocycles. The van der Waals surface area contributed by atoms with Gasteiger partial charge >= 0.3 is 12.0 Å². The third-order valence-electron chi connectivity index (χ3n) is 5.69. The first-order valence-corrected chi connectivity index (χ1v) is 9.67. The largest absolute Gasteiger partial charge is 0.465 e. The molecule has 3 atom stereocenters. The summed E-state index contributed by atoms with van der Waals surface area (Å²) in [5.74, 6) is -0.267. The average molecular weight is 393 g/mol. The number of rotatable bonds is 4. The third kappa shape index (κ3) is 3.94. The van der Waals surface area contributed by atoms with Gasteiger partial charge < -0.3 is 20.3 Å². The van der Waals surface area contributed by atoms with Crippen LogP contribution in [0, 0.1) is 5.92 Å².